The third-order valence-electron chi connectivity index (χ3n) is 4.95. The van der Waals surface area contributed by atoms with Gasteiger partial charge in [0.25, 0.3) is 5.91 Å². The number of ketones is 1. The number of nitrogens with one attached hydrogen (secondary N) is 4. The van der Waals surface area contributed by atoms with Crippen LogP contribution in [0.25, 0.3) is 0 Å². The van der Waals surface area contributed by atoms with Crippen LogP contribution in [-0.2, 0) is 32.0 Å². The minimum absolute atomic E-state index is 0.0876. The number of hydrogen-bond acceptors (Lipinski definition) is 6. The second-order valence-electron chi connectivity index (χ2n) is 9.70. The number of imidazole rings is 1. The molecule has 1 aliphatic heterocycles. The van der Waals surface area contributed by atoms with E-state index in [-0.39, 0.29) is 24.4 Å². The molecular weight excluding hydrogens is 414 g/mol. The summed E-state index contributed by atoms with van der Waals surface area (Å²) < 4.78 is 5.20. The molecule has 178 valence electrons. The van der Waals surface area contributed by atoms with Crippen molar-refractivity contribution >= 4 is 23.7 Å². The predicted molar refractivity (Wildman–Crippen MR) is 118 cm³/mol. The normalized spacial score (nSPS) is 18.8. The van der Waals surface area contributed by atoms with Crippen LogP contribution in [0.15, 0.2) is 6.20 Å². The SMILES string of the molecule is CC(C)C(NC(=O)OCC(C)(C)C)C(=O)NC1Cc2cnc([nH]2)CCCCNC(=O)C1=O. The number of rotatable bonds is 5. The van der Waals surface area contributed by atoms with Gasteiger partial charge in [0.1, 0.15) is 17.9 Å². The number of ether oxygens (including phenoxy) is 1. The van der Waals surface area contributed by atoms with Crippen molar-refractivity contribution in [3.05, 3.63) is 17.7 Å². The van der Waals surface area contributed by atoms with E-state index in [0.717, 1.165) is 18.7 Å². The molecule has 2 heterocycles. The number of aromatic nitrogens is 2. The van der Waals surface area contributed by atoms with Gasteiger partial charge in [0.05, 0.1) is 6.61 Å². The lowest BCUT2D eigenvalue weighted by Crippen LogP contribution is -2.56. The van der Waals surface area contributed by atoms with E-state index in [1.165, 1.54) is 0 Å². The average molecular weight is 450 g/mol. The van der Waals surface area contributed by atoms with Crippen LogP contribution in [0.1, 0.15) is 59.0 Å². The molecule has 1 aliphatic rings. The number of nitrogens with zero attached hydrogens (tertiary/aromatic N) is 1. The molecule has 0 aromatic carbocycles. The number of amides is 3. The largest absolute Gasteiger partial charge is 0.449 e. The molecule has 2 atom stereocenters. The van der Waals surface area contributed by atoms with Crippen molar-refractivity contribution in [2.75, 3.05) is 13.2 Å². The summed E-state index contributed by atoms with van der Waals surface area (Å²) in [5.74, 6) is -1.52. The highest BCUT2D eigenvalue weighted by molar-refractivity contribution is 6.38. The number of carbonyl (C=O) groups is 4. The van der Waals surface area contributed by atoms with Crippen molar-refractivity contribution in [2.24, 2.45) is 11.3 Å². The highest BCUT2D eigenvalue weighted by Crippen LogP contribution is 2.13. The molecular formula is C22H35N5O5. The molecule has 2 unspecified atom stereocenters. The van der Waals surface area contributed by atoms with E-state index >= 15 is 0 Å². The van der Waals surface area contributed by atoms with Crippen LogP contribution in [0.5, 0.6) is 0 Å². The summed E-state index contributed by atoms with van der Waals surface area (Å²) in [6, 6.07) is -2.03. The van der Waals surface area contributed by atoms with Crippen LogP contribution in [0.3, 0.4) is 0 Å². The lowest BCUT2D eigenvalue weighted by Gasteiger charge is -2.25. The van der Waals surface area contributed by atoms with Crippen LogP contribution >= 0.6 is 0 Å². The zero-order chi connectivity index (χ0) is 23.9. The third kappa shape index (κ3) is 7.97. The smallest absolute Gasteiger partial charge is 0.407 e. The molecule has 1 aromatic heterocycles. The van der Waals surface area contributed by atoms with Gasteiger partial charge in [-0.25, -0.2) is 9.78 Å². The topological polar surface area (TPSA) is 142 Å². The molecule has 0 aliphatic carbocycles. The summed E-state index contributed by atoms with van der Waals surface area (Å²) in [5, 5.41) is 7.82. The van der Waals surface area contributed by atoms with Crippen LogP contribution in [0.4, 0.5) is 4.79 Å². The number of alkyl carbamates (subject to hydrolysis) is 1. The molecule has 10 heteroatoms. The third-order valence-corrected chi connectivity index (χ3v) is 4.95. The van der Waals surface area contributed by atoms with E-state index in [2.05, 4.69) is 25.9 Å². The molecule has 10 nitrogen and oxygen atoms in total. The van der Waals surface area contributed by atoms with Gasteiger partial charge >= 0.3 is 6.09 Å². The van der Waals surface area contributed by atoms with Gasteiger partial charge < -0.3 is 25.7 Å². The fraction of sp³-hybridized carbons (Fsp3) is 0.682. The van der Waals surface area contributed by atoms with Crippen LogP contribution < -0.4 is 16.0 Å². The van der Waals surface area contributed by atoms with Gasteiger partial charge in [-0.1, -0.05) is 34.6 Å². The summed E-state index contributed by atoms with van der Waals surface area (Å²) in [6.07, 6.45) is 3.26. The fourth-order valence-corrected chi connectivity index (χ4v) is 3.18. The van der Waals surface area contributed by atoms with Crippen molar-refractivity contribution in [3.8, 4) is 0 Å². The first-order valence-corrected chi connectivity index (χ1v) is 11.0. The number of hydrogen-bond donors (Lipinski definition) is 4. The van der Waals surface area contributed by atoms with E-state index < -0.39 is 35.8 Å². The molecule has 2 rings (SSSR count). The Morgan fingerprint density at radius 1 is 1.25 bits per heavy atom. The Morgan fingerprint density at radius 2 is 1.97 bits per heavy atom. The maximum absolute atomic E-state index is 13.0. The first kappa shape index (κ1) is 25.4. The number of fused-ring (bicyclic) bond motifs is 2. The van der Waals surface area contributed by atoms with Crippen LogP contribution in [0, 0.1) is 11.3 Å². The maximum Gasteiger partial charge on any atom is 0.407 e. The molecule has 4 N–H and O–H groups in total. The van der Waals surface area contributed by atoms with Crippen molar-refractivity contribution in [1.29, 1.82) is 0 Å². The lowest BCUT2D eigenvalue weighted by atomic mass is 9.99. The highest BCUT2D eigenvalue weighted by atomic mass is 16.5. The summed E-state index contributed by atoms with van der Waals surface area (Å²) in [7, 11) is 0. The van der Waals surface area contributed by atoms with Crippen LogP contribution in [0.2, 0.25) is 0 Å². The molecule has 0 saturated carbocycles. The number of aromatic amines is 1. The summed E-state index contributed by atoms with van der Waals surface area (Å²) in [5.41, 5.74) is 0.425. The summed E-state index contributed by atoms with van der Waals surface area (Å²) >= 11 is 0. The highest BCUT2D eigenvalue weighted by Gasteiger charge is 2.32. The van der Waals surface area contributed by atoms with Gasteiger partial charge in [0.15, 0.2) is 0 Å². The zero-order valence-electron chi connectivity index (χ0n) is 19.5. The fourth-order valence-electron chi connectivity index (χ4n) is 3.18. The van der Waals surface area contributed by atoms with Gasteiger partial charge in [-0.15, -0.1) is 0 Å². The first-order chi connectivity index (χ1) is 15.0. The minimum Gasteiger partial charge on any atom is -0.449 e. The van der Waals surface area contributed by atoms with Gasteiger partial charge in [0.2, 0.25) is 11.7 Å². The Bertz CT molecular complexity index is 827. The zero-order valence-corrected chi connectivity index (χ0v) is 19.5. The predicted octanol–water partition coefficient (Wildman–Crippen LogP) is 1.26. The standard InChI is InChI=1S/C22H35N5O5/c1-13(2)17(27-21(31)32-12-22(3,4)5)19(29)26-15-10-14-11-24-16(25-14)8-6-7-9-23-20(30)18(15)28/h11,13,15,17H,6-10,12H2,1-5H3,(H,23,30)(H,24,25)(H,26,29)(H,27,31). The maximum atomic E-state index is 13.0. The Labute approximate surface area is 188 Å². The Kier molecular flexibility index (Phi) is 8.80. The van der Waals surface area contributed by atoms with E-state index in [9.17, 15) is 19.2 Å². The molecule has 2 bridgehead atoms. The van der Waals surface area contributed by atoms with Gasteiger partial charge in [-0.2, -0.15) is 0 Å². The van der Waals surface area contributed by atoms with Gasteiger partial charge in [-0.3, -0.25) is 14.4 Å². The minimum atomic E-state index is -1.09. The molecule has 0 radical (unpaired) electrons. The van der Waals surface area contributed by atoms with Crippen molar-refractivity contribution < 1.29 is 23.9 Å². The number of carbonyl (C=O) groups excluding carboxylic acids is 4. The molecule has 1 aromatic rings. The van der Waals surface area contributed by atoms with Gasteiger partial charge in [-0.05, 0) is 24.2 Å². The molecule has 3 amide bonds. The summed E-state index contributed by atoms with van der Waals surface area (Å²) in [6.45, 7) is 9.87. The van der Waals surface area contributed by atoms with Crippen LogP contribution in [-0.4, -0.2) is 58.9 Å². The van der Waals surface area contributed by atoms with E-state index in [0.29, 0.717) is 18.7 Å². The Morgan fingerprint density at radius 3 is 2.62 bits per heavy atom. The number of aryl methyl sites for hydroxylation is 1. The Hall–Kier alpha value is -2.91. The van der Waals surface area contributed by atoms with Crippen molar-refractivity contribution in [3.63, 3.8) is 0 Å². The number of H-pyrrole nitrogens is 1. The van der Waals surface area contributed by atoms with E-state index in [1.54, 1.807) is 20.0 Å². The molecule has 0 saturated heterocycles. The molecule has 32 heavy (non-hydrogen) atoms. The molecule has 0 spiro atoms. The Balaban J connectivity index is 2.13. The lowest BCUT2D eigenvalue weighted by molar-refractivity contribution is -0.140. The summed E-state index contributed by atoms with van der Waals surface area (Å²) in [4.78, 5) is 57.7. The van der Waals surface area contributed by atoms with E-state index in [1.807, 2.05) is 20.8 Å². The second kappa shape index (κ2) is 11.1. The molecule has 0 fully saturated rings. The first-order valence-electron chi connectivity index (χ1n) is 11.0. The monoisotopic (exact) mass is 449 g/mol. The number of Topliss-reactive ketones (excluding diaryl/α,β-unsaturated/α-hetero) is 1. The van der Waals surface area contributed by atoms with Crippen molar-refractivity contribution in [1.82, 2.24) is 25.9 Å². The van der Waals surface area contributed by atoms with Gasteiger partial charge in [0, 0.05) is 31.3 Å². The second-order valence-corrected chi connectivity index (χ2v) is 9.70. The average Bonchev–Trinajstić information content (AvgIpc) is 3.14. The van der Waals surface area contributed by atoms with Crippen molar-refractivity contribution in [2.45, 2.75) is 72.4 Å². The quantitative estimate of drug-likeness (QED) is 0.499. The van der Waals surface area contributed by atoms with E-state index in [4.69, 9.17) is 4.74 Å².